The Morgan fingerprint density at radius 1 is 1.21 bits per heavy atom. The molecule has 2 aliphatic rings. The number of pyridine rings is 1. The highest BCUT2D eigenvalue weighted by Crippen LogP contribution is 2.37. The number of aldehydes is 1. The highest BCUT2D eigenvalue weighted by atomic mass is 16.5. The predicted octanol–water partition coefficient (Wildman–Crippen LogP) is 3.39. The second-order valence-corrected chi connectivity index (χ2v) is 7.47. The molecule has 2 aromatic rings. The maximum absolute atomic E-state index is 12.1. The third-order valence-electron chi connectivity index (χ3n) is 5.33. The van der Waals surface area contributed by atoms with Crippen molar-refractivity contribution in [3.05, 3.63) is 42.1 Å². The molecule has 1 saturated carbocycles. The standard InChI is InChI=1S/C22H24N2O4/c1-14-10-15(2-3-20(14)28-18-5-8-27-9-6-18)16-4-7-23-21(12-16)24-22(26)19-11-17(19)13-25/h2-4,7,10,12-13,17-19H,5-6,8-9,11H2,1H3,(H,23,24,26)/t17-,19+/m0/s1. The highest BCUT2D eigenvalue weighted by Gasteiger charge is 2.42. The van der Waals surface area contributed by atoms with Crippen LogP contribution in [0.5, 0.6) is 5.75 Å². The average Bonchev–Trinajstić information content (AvgIpc) is 3.51. The third kappa shape index (κ3) is 4.22. The summed E-state index contributed by atoms with van der Waals surface area (Å²) in [5.41, 5.74) is 3.07. The van der Waals surface area contributed by atoms with Crippen molar-refractivity contribution in [1.82, 2.24) is 4.98 Å². The molecule has 2 fully saturated rings. The molecule has 1 amide bonds. The smallest absolute Gasteiger partial charge is 0.229 e. The van der Waals surface area contributed by atoms with Gasteiger partial charge in [0.15, 0.2) is 0 Å². The van der Waals surface area contributed by atoms with Crippen molar-refractivity contribution >= 4 is 18.0 Å². The molecule has 0 bridgehead atoms. The van der Waals surface area contributed by atoms with E-state index in [-0.39, 0.29) is 23.8 Å². The highest BCUT2D eigenvalue weighted by molar-refractivity contribution is 5.96. The molecule has 1 aliphatic heterocycles. The molecule has 2 atom stereocenters. The molecule has 1 saturated heterocycles. The summed E-state index contributed by atoms with van der Waals surface area (Å²) in [6.45, 7) is 3.54. The van der Waals surface area contributed by atoms with Crippen LogP contribution in [0.4, 0.5) is 5.82 Å². The van der Waals surface area contributed by atoms with Crippen LogP contribution in [0.25, 0.3) is 11.1 Å². The molecule has 1 aliphatic carbocycles. The topological polar surface area (TPSA) is 77.5 Å². The minimum Gasteiger partial charge on any atom is -0.490 e. The lowest BCUT2D eigenvalue weighted by Gasteiger charge is -2.24. The summed E-state index contributed by atoms with van der Waals surface area (Å²) in [7, 11) is 0. The summed E-state index contributed by atoms with van der Waals surface area (Å²) in [5.74, 6) is 0.894. The minimum absolute atomic E-state index is 0.141. The molecule has 0 unspecified atom stereocenters. The minimum atomic E-state index is -0.216. The zero-order chi connectivity index (χ0) is 19.5. The Balaban J connectivity index is 1.45. The van der Waals surface area contributed by atoms with E-state index in [0.717, 1.165) is 54.8 Å². The molecule has 28 heavy (non-hydrogen) atoms. The zero-order valence-corrected chi connectivity index (χ0v) is 15.9. The number of rotatable bonds is 6. The van der Waals surface area contributed by atoms with E-state index >= 15 is 0 Å². The van der Waals surface area contributed by atoms with Crippen LogP contribution in [-0.4, -0.2) is 36.5 Å². The third-order valence-corrected chi connectivity index (χ3v) is 5.33. The van der Waals surface area contributed by atoms with Crippen LogP contribution in [0.1, 0.15) is 24.8 Å². The molecule has 6 nitrogen and oxygen atoms in total. The number of ether oxygens (including phenoxy) is 2. The molecular weight excluding hydrogens is 356 g/mol. The average molecular weight is 380 g/mol. The fourth-order valence-corrected chi connectivity index (χ4v) is 3.50. The first-order valence-corrected chi connectivity index (χ1v) is 9.71. The van der Waals surface area contributed by atoms with Gasteiger partial charge in [0.2, 0.25) is 5.91 Å². The number of amides is 1. The zero-order valence-electron chi connectivity index (χ0n) is 15.9. The molecule has 2 heterocycles. The predicted molar refractivity (Wildman–Crippen MR) is 105 cm³/mol. The van der Waals surface area contributed by atoms with Gasteiger partial charge in [-0.25, -0.2) is 4.98 Å². The lowest BCUT2D eigenvalue weighted by atomic mass is 10.0. The SMILES string of the molecule is Cc1cc(-c2ccnc(NC(=O)[C@@H]3C[C@H]3C=O)c2)ccc1OC1CCOCC1. The lowest BCUT2D eigenvalue weighted by Crippen LogP contribution is -2.26. The van der Waals surface area contributed by atoms with Gasteiger partial charge in [-0.3, -0.25) is 4.79 Å². The van der Waals surface area contributed by atoms with Gasteiger partial charge in [0.05, 0.1) is 13.2 Å². The van der Waals surface area contributed by atoms with E-state index < -0.39 is 0 Å². The number of carbonyl (C=O) groups excluding carboxylic acids is 2. The first-order valence-electron chi connectivity index (χ1n) is 9.71. The van der Waals surface area contributed by atoms with Crippen LogP contribution < -0.4 is 10.1 Å². The van der Waals surface area contributed by atoms with E-state index in [0.29, 0.717) is 12.2 Å². The lowest BCUT2D eigenvalue weighted by molar-refractivity contribution is -0.119. The second-order valence-electron chi connectivity index (χ2n) is 7.47. The molecule has 1 aromatic heterocycles. The van der Waals surface area contributed by atoms with Crippen LogP contribution in [0.15, 0.2) is 36.5 Å². The van der Waals surface area contributed by atoms with Gasteiger partial charge < -0.3 is 19.6 Å². The Bertz CT molecular complexity index is 877. The molecule has 1 aromatic carbocycles. The van der Waals surface area contributed by atoms with Crippen molar-refractivity contribution in [2.45, 2.75) is 32.3 Å². The molecule has 0 radical (unpaired) electrons. The Hall–Kier alpha value is -2.73. The number of carbonyl (C=O) groups is 2. The maximum atomic E-state index is 12.1. The summed E-state index contributed by atoms with van der Waals surface area (Å²) in [6, 6.07) is 9.86. The summed E-state index contributed by atoms with van der Waals surface area (Å²) in [6.07, 6.45) is 5.19. The summed E-state index contributed by atoms with van der Waals surface area (Å²) >= 11 is 0. The van der Waals surface area contributed by atoms with E-state index in [1.54, 1.807) is 6.20 Å². The van der Waals surface area contributed by atoms with E-state index in [4.69, 9.17) is 9.47 Å². The van der Waals surface area contributed by atoms with Gasteiger partial charge in [-0.1, -0.05) is 6.07 Å². The van der Waals surface area contributed by atoms with E-state index in [2.05, 4.69) is 16.4 Å². The molecule has 6 heteroatoms. The number of anilines is 1. The van der Waals surface area contributed by atoms with Gasteiger partial charge in [-0.15, -0.1) is 0 Å². The van der Waals surface area contributed by atoms with Gasteiger partial charge >= 0.3 is 0 Å². The Kier molecular flexibility index (Phi) is 5.39. The number of hydrogen-bond donors (Lipinski definition) is 1. The first-order chi connectivity index (χ1) is 13.6. The van der Waals surface area contributed by atoms with Crippen molar-refractivity contribution in [2.24, 2.45) is 11.8 Å². The van der Waals surface area contributed by atoms with E-state index in [1.807, 2.05) is 31.2 Å². The van der Waals surface area contributed by atoms with Crippen molar-refractivity contribution in [1.29, 1.82) is 0 Å². The van der Waals surface area contributed by atoms with Crippen LogP contribution in [0.2, 0.25) is 0 Å². The number of nitrogens with one attached hydrogen (secondary N) is 1. The van der Waals surface area contributed by atoms with Crippen molar-refractivity contribution in [3.8, 4) is 16.9 Å². The molecule has 146 valence electrons. The Labute approximate surface area is 164 Å². The quantitative estimate of drug-likeness (QED) is 0.778. The molecule has 0 spiro atoms. The molecule has 1 N–H and O–H groups in total. The molecular formula is C22H24N2O4. The van der Waals surface area contributed by atoms with E-state index in [1.165, 1.54) is 0 Å². The fraction of sp³-hybridized carbons (Fsp3) is 0.409. The van der Waals surface area contributed by atoms with Gasteiger partial charge in [0.1, 0.15) is 24.0 Å². The monoisotopic (exact) mass is 380 g/mol. The Morgan fingerprint density at radius 2 is 2.00 bits per heavy atom. The number of aryl methyl sites for hydroxylation is 1. The summed E-state index contributed by atoms with van der Waals surface area (Å²) in [4.78, 5) is 27.1. The number of benzene rings is 1. The number of nitrogens with zero attached hydrogens (tertiary/aromatic N) is 1. The van der Waals surface area contributed by atoms with Crippen molar-refractivity contribution < 1.29 is 19.1 Å². The van der Waals surface area contributed by atoms with Gasteiger partial charge in [0.25, 0.3) is 0 Å². The summed E-state index contributed by atoms with van der Waals surface area (Å²) in [5, 5.41) is 2.81. The van der Waals surface area contributed by atoms with Gasteiger partial charge in [-0.2, -0.15) is 0 Å². The van der Waals surface area contributed by atoms with Crippen LogP contribution in [0, 0.1) is 18.8 Å². The van der Waals surface area contributed by atoms with Crippen LogP contribution in [0.3, 0.4) is 0 Å². The number of aromatic nitrogens is 1. The maximum Gasteiger partial charge on any atom is 0.229 e. The molecule has 4 rings (SSSR count). The van der Waals surface area contributed by atoms with E-state index in [9.17, 15) is 9.59 Å². The van der Waals surface area contributed by atoms with Crippen LogP contribution in [-0.2, 0) is 14.3 Å². The van der Waals surface area contributed by atoms with Crippen LogP contribution >= 0.6 is 0 Å². The van der Waals surface area contributed by atoms with Gasteiger partial charge in [-0.05, 0) is 54.3 Å². The first kappa shape index (κ1) is 18.6. The van der Waals surface area contributed by atoms with Crippen molar-refractivity contribution in [2.75, 3.05) is 18.5 Å². The Morgan fingerprint density at radius 3 is 2.71 bits per heavy atom. The largest absolute Gasteiger partial charge is 0.490 e. The van der Waals surface area contributed by atoms with Gasteiger partial charge in [0, 0.05) is 30.9 Å². The summed E-state index contributed by atoms with van der Waals surface area (Å²) < 4.78 is 11.5. The van der Waals surface area contributed by atoms with Crippen molar-refractivity contribution in [3.63, 3.8) is 0 Å². The second kappa shape index (κ2) is 8.10. The fourth-order valence-electron chi connectivity index (χ4n) is 3.50. The normalized spacial score (nSPS) is 21.8. The number of hydrogen-bond acceptors (Lipinski definition) is 5.